The van der Waals surface area contributed by atoms with Crippen LogP contribution in [0.5, 0.6) is 0 Å². The van der Waals surface area contributed by atoms with Crippen molar-refractivity contribution in [3.05, 3.63) is 35.4 Å². The molecule has 1 aromatic rings. The second kappa shape index (κ2) is 9.21. The van der Waals surface area contributed by atoms with E-state index >= 15 is 0 Å². The third-order valence-corrected chi connectivity index (χ3v) is 5.17. The molecule has 0 spiro atoms. The zero-order valence-electron chi connectivity index (χ0n) is 13.7. The van der Waals surface area contributed by atoms with Gasteiger partial charge in [0.05, 0.1) is 0 Å². The maximum absolute atomic E-state index is 11.9. The first-order valence-electron chi connectivity index (χ1n) is 8.32. The Morgan fingerprint density at radius 2 is 2.14 bits per heavy atom. The Bertz CT molecular complexity index is 453. The molecule has 0 saturated carbocycles. The fourth-order valence-corrected chi connectivity index (χ4v) is 3.59. The van der Waals surface area contributed by atoms with E-state index in [4.69, 9.17) is 0 Å². The summed E-state index contributed by atoms with van der Waals surface area (Å²) in [7, 11) is 0. The van der Waals surface area contributed by atoms with Crippen LogP contribution in [-0.2, 0) is 11.2 Å². The highest BCUT2D eigenvalue weighted by Gasteiger charge is 2.16. The van der Waals surface area contributed by atoms with Gasteiger partial charge in [0.25, 0.3) is 0 Å². The molecule has 1 heterocycles. The molecule has 1 saturated heterocycles. The molecule has 2 N–H and O–H groups in total. The largest absolute Gasteiger partial charge is 0.356 e. The summed E-state index contributed by atoms with van der Waals surface area (Å²) in [5.74, 6) is 2.97. The van der Waals surface area contributed by atoms with Crippen molar-refractivity contribution in [1.82, 2.24) is 10.6 Å². The van der Waals surface area contributed by atoms with E-state index in [1.165, 1.54) is 11.1 Å². The minimum Gasteiger partial charge on any atom is -0.356 e. The standard InChI is InChI=1S/C18H28N2OS/c1-14(2)16-7-5-15(6-8-16)4-3-9-20-18(21)12-17-13-22-11-10-19-17/h5-8,14,17,19H,3-4,9-13H2,1-2H3,(H,20,21). The van der Waals surface area contributed by atoms with Gasteiger partial charge in [-0.05, 0) is 29.9 Å². The van der Waals surface area contributed by atoms with Crippen LogP contribution in [0.4, 0.5) is 0 Å². The third-order valence-electron chi connectivity index (χ3n) is 4.04. The minimum absolute atomic E-state index is 0.176. The first-order chi connectivity index (χ1) is 10.6. The van der Waals surface area contributed by atoms with Gasteiger partial charge >= 0.3 is 0 Å². The second-order valence-corrected chi connectivity index (χ2v) is 7.43. The Morgan fingerprint density at radius 1 is 1.36 bits per heavy atom. The zero-order valence-corrected chi connectivity index (χ0v) is 14.5. The molecule has 3 nitrogen and oxygen atoms in total. The number of hydrogen-bond acceptors (Lipinski definition) is 3. The van der Waals surface area contributed by atoms with Gasteiger partial charge in [-0.1, -0.05) is 38.1 Å². The fraction of sp³-hybridized carbons (Fsp3) is 0.611. The number of nitrogens with one attached hydrogen (secondary N) is 2. The van der Waals surface area contributed by atoms with Crippen molar-refractivity contribution in [2.75, 3.05) is 24.6 Å². The van der Waals surface area contributed by atoms with E-state index in [2.05, 4.69) is 48.7 Å². The highest BCUT2D eigenvalue weighted by atomic mass is 32.2. The van der Waals surface area contributed by atoms with Gasteiger partial charge in [-0.15, -0.1) is 0 Å². The van der Waals surface area contributed by atoms with E-state index in [1.54, 1.807) is 0 Å². The molecule has 0 bridgehead atoms. The molecule has 1 aliphatic rings. The van der Waals surface area contributed by atoms with Crippen molar-refractivity contribution in [2.24, 2.45) is 0 Å². The summed E-state index contributed by atoms with van der Waals surface area (Å²) in [5.41, 5.74) is 2.74. The maximum Gasteiger partial charge on any atom is 0.221 e. The summed E-state index contributed by atoms with van der Waals surface area (Å²) in [6, 6.07) is 9.19. The molecule has 0 aliphatic carbocycles. The van der Waals surface area contributed by atoms with Gasteiger partial charge < -0.3 is 10.6 Å². The molecular formula is C18H28N2OS. The number of amides is 1. The van der Waals surface area contributed by atoms with Crippen molar-refractivity contribution < 1.29 is 4.79 Å². The van der Waals surface area contributed by atoms with Crippen molar-refractivity contribution in [3.8, 4) is 0 Å². The quantitative estimate of drug-likeness (QED) is 0.759. The first kappa shape index (κ1) is 17.4. The lowest BCUT2D eigenvalue weighted by Crippen LogP contribution is -2.41. The number of aryl methyl sites for hydroxylation is 1. The van der Waals surface area contributed by atoms with Crippen molar-refractivity contribution in [2.45, 2.75) is 45.1 Å². The molecule has 2 rings (SSSR count). The van der Waals surface area contributed by atoms with Crippen LogP contribution in [0, 0.1) is 0 Å². The molecule has 122 valence electrons. The Hall–Kier alpha value is -1.00. The normalized spacial score (nSPS) is 18.4. The SMILES string of the molecule is CC(C)c1ccc(CCCNC(=O)CC2CSCCN2)cc1. The van der Waals surface area contributed by atoms with Crippen LogP contribution in [0.15, 0.2) is 24.3 Å². The molecule has 1 amide bonds. The van der Waals surface area contributed by atoms with Crippen molar-refractivity contribution in [3.63, 3.8) is 0 Å². The molecule has 0 radical (unpaired) electrons. The van der Waals surface area contributed by atoms with E-state index in [0.29, 0.717) is 18.4 Å². The topological polar surface area (TPSA) is 41.1 Å². The summed E-state index contributed by atoms with van der Waals surface area (Å²) in [6.45, 7) is 6.22. The predicted octanol–water partition coefficient (Wildman–Crippen LogP) is 2.95. The van der Waals surface area contributed by atoms with Crippen LogP contribution < -0.4 is 10.6 Å². The van der Waals surface area contributed by atoms with Crippen LogP contribution in [0.3, 0.4) is 0 Å². The monoisotopic (exact) mass is 320 g/mol. The van der Waals surface area contributed by atoms with Gasteiger partial charge in [-0.2, -0.15) is 11.8 Å². The minimum atomic E-state index is 0.176. The summed E-state index contributed by atoms with van der Waals surface area (Å²) >= 11 is 1.93. The Kier molecular flexibility index (Phi) is 7.26. The van der Waals surface area contributed by atoms with Gasteiger partial charge in [-0.25, -0.2) is 0 Å². The van der Waals surface area contributed by atoms with E-state index in [9.17, 15) is 4.79 Å². The smallest absolute Gasteiger partial charge is 0.221 e. The maximum atomic E-state index is 11.9. The van der Waals surface area contributed by atoms with E-state index < -0.39 is 0 Å². The molecule has 1 aliphatic heterocycles. The molecular weight excluding hydrogens is 292 g/mol. The molecule has 1 atom stereocenters. The van der Waals surface area contributed by atoms with E-state index in [-0.39, 0.29) is 5.91 Å². The number of rotatable bonds is 7. The van der Waals surface area contributed by atoms with E-state index in [1.807, 2.05) is 11.8 Å². The Labute approximate surface area is 138 Å². The van der Waals surface area contributed by atoms with Crippen LogP contribution in [-0.4, -0.2) is 36.5 Å². The average Bonchev–Trinajstić information content (AvgIpc) is 2.53. The highest BCUT2D eigenvalue weighted by Crippen LogP contribution is 2.15. The number of thioether (sulfide) groups is 1. The summed E-state index contributed by atoms with van der Waals surface area (Å²) in [4.78, 5) is 11.9. The van der Waals surface area contributed by atoms with Crippen LogP contribution in [0.25, 0.3) is 0 Å². The Balaban J connectivity index is 1.60. The van der Waals surface area contributed by atoms with Crippen LogP contribution in [0.1, 0.15) is 43.7 Å². The average molecular weight is 321 g/mol. The second-order valence-electron chi connectivity index (χ2n) is 6.28. The molecule has 1 aromatic carbocycles. The van der Waals surface area contributed by atoms with Gasteiger partial charge in [0.15, 0.2) is 0 Å². The summed E-state index contributed by atoms with van der Waals surface area (Å²) < 4.78 is 0. The van der Waals surface area contributed by atoms with Gasteiger partial charge in [0, 0.05) is 37.1 Å². The molecule has 1 unspecified atom stereocenters. The number of carbonyl (C=O) groups is 1. The van der Waals surface area contributed by atoms with E-state index in [0.717, 1.165) is 37.4 Å². The number of hydrogen-bond donors (Lipinski definition) is 2. The number of carbonyl (C=O) groups excluding carboxylic acids is 1. The molecule has 22 heavy (non-hydrogen) atoms. The third kappa shape index (κ3) is 6.01. The Morgan fingerprint density at radius 3 is 2.77 bits per heavy atom. The first-order valence-corrected chi connectivity index (χ1v) is 9.47. The molecule has 1 fully saturated rings. The van der Waals surface area contributed by atoms with Gasteiger partial charge in [0.1, 0.15) is 0 Å². The van der Waals surface area contributed by atoms with Crippen molar-refractivity contribution >= 4 is 17.7 Å². The molecule has 4 heteroatoms. The highest BCUT2D eigenvalue weighted by molar-refractivity contribution is 7.99. The summed E-state index contributed by atoms with van der Waals surface area (Å²) in [6.07, 6.45) is 2.63. The summed E-state index contributed by atoms with van der Waals surface area (Å²) in [5, 5.41) is 6.44. The fourth-order valence-electron chi connectivity index (χ4n) is 2.64. The predicted molar refractivity (Wildman–Crippen MR) is 95.6 cm³/mol. The van der Waals surface area contributed by atoms with Crippen LogP contribution >= 0.6 is 11.8 Å². The lowest BCUT2D eigenvalue weighted by molar-refractivity contribution is -0.121. The number of benzene rings is 1. The van der Waals surface area contributed by atoms with Gasteiger partial charge in [-0.3, -0.25) is 4.79 Å². The molecule has 0 aromatic heterocycles. The van der Waals surface area contributed by atoms with Crippen LogP contribution in [0.2, 0.25) is 0 Å². The zero-order chi connectivity index (χ0) is 15.8. The lowest BCUT2D eigenvalue weighted by Gasteiger charge is -2.22. The van der Waals surface area contributed by atoms with Crippen molar-refractivity contribution in [1.29, 1.82) is 0 Å². The lowest BCUT2D eigenvalue weighted by atomic mass is 10.0. The van der Waals surface area contributed by atoms with Gasteiger partial charge in [0.2, 0.25) is 5.91 Å².